The first-order chi connectivity index (χ1) is 15.2. The van der Waals surface area contributed by atoms with Gasteiger partial charge in [-0.15, -0.1) is 0 Å². The summed E-state index contributed by atoms with van der Waals surface area (Å²) in [5.41, 5.74) is 6.74. The molecule has 2 aliphatic heterocycles. The molecule has 1 saturated heterocycles. The number of rotatable bonds is 7. The van der Waals surface area contributed by atoms with E-state index in [0.717, 1.165) is 0 Å². The van der Waals surface area contributed by atoms with Gasteiger partial charge in [0.05, 0.1) is 25.1 Å². The zero-order valence-corrected chi connectivity index (χ0v) is 16.9. The van der Waals surface area contributed by atoms with Gasteiger partial charge in [0, 0.05) is 6.20 Å². The second-order valence-electron chi connectivity index (χ2n) is 7.67. The lowest BCUT2D eigenvalue weighted by Gasteiger charge is -2.40. The van der Waals surface area contributed by atoms with E-state index in [1.165, 1.54) is 22.0 Å². The number of benzene rings is 1. The van der Waals surface area contributed by atoms with Crippen LogP contribution in [0.4, 0.5) is 0 Å². The van der Waals surface area contributed by atoms with Gasteiger partial charge >= 0.3 is 19.1 Å². The second-order valence-corrected chi connectivity index (χ2v) is 7.67. The summed E-state index contributed by atoms with van der Waals surface area (Å²) in [5.74, 6) is -2.49. The first-order valence-electron chi connectivity index (χ1n) is 9.91. The minimum absolute atomic E-state index is 0.0964. The number of nitrogens with zero attached hydrogens (tertiary/aromatic N) is 3. The average Bonchev–Trinajstić information content (AvgIpc) is 3.16. The van der Waals surface area contributed by atoms with Crippen LogP contribution in [0.1, 0.15) is 27.7 Å². The van der Waals surface area contributed by atoms with Gasteiger partial charge in [-0.2, -0.15) is 0 Å². The molecule has 12 nitrogen and oxygen atoms in total. The van der Waals surface area contributed by atoms with Gasteiger partial charge in [0.15, 0.2) is 0 Å². The number of aromatic carboxylic acids is 1. The number of aliphatic carboxylic acids is 1. The Morgan fingerprint density at radius 3 is 2.75 bits per heavy atom. The number of fused-ring (bicyclic) bond motifs is 1. The Balaban J connectivity index is 1.39. The van der Waals surface area contributed by atoms with Crippen LogP contribution in [0.5, 0.6) is 11.5 Å². The lowest BCUT2D eigenvalue weighted by Crippen LogP contribution is -2.58. The summed E-state index contributed by atoms with van der Waals surface area (Å²) in [6.45, 7) is 0.102. The Hall–Kier alpha value is -3.58. The second kappa shape index (κ2) is 8.51. The first kappa shape index (κ1) is 21.6. The van der Waals surface area contributed by atoms with Crippen LogP contribution in [0.3, 0.4) is 0 Å². The summed E-state index contributed by atoms with van der Waals surface area (Å²) < 4.78 is 12.4. The maximum Gasteiger partial charge on any atom is 0.522 e. The van der Waals surface area contributed by atoms with Crippen LogP contribution in [0, 0.1) is 0 Å². The molecule has 2 aromatic rings. The number of likely N-dealkylation sites (tertiary alicyclic amines) is 1. The Morgan fingerprint density at radius 2 is 2.06 bits per heavy atom. The lowest BCUT2D eigenvalue weighted by molar-refractivity contribution is -0.141. The number of carboxylic acids is 2. The van der Waals surface area contributed by atoms with Crippen molar-refractivity contribution in [3.63, 3.8) is 0 Å². The highest BCUT2D eigenvalue weighted by Crippen LogP contribution is 2.37. The molecule has 0 aliphatic carbocycles. The third kappa shape index (κ3) is 4.25. The van der Waals surface area contributed by atoms with Crippen molar-refractivity contribution < 1.29 is 39.0 Å². The summed E-state index contributed by atoms with van der Waals surface area (Å²) in [6, 6.07) is 2.20. The van der Waals surface area contributed by atoms with Crippen molar-refractivity contribution in [3.05, 3.63) is 41.5 Å². The maximum atomic E-state index is 12.6. The van der Waals surface area contributed by atoms with E-state index < -0.39 is 37.1 Å². The molecule has 5 N–H and O–H groups in total. The largest absolute Gasteiger partial charge is 0.535 e. The van der Waals surface area contributed by atoms with Gasteiger partial charge in [0.25, 0.3) is 0 Å². The Morgan fingerprint density at radius 1 is 1.31 bits per heavy atom. The fourth-order valence-electron chi connectivity index (χ4n) is 3.69. The third-order valence-corrected chi connectivity index (χ3v) is 5.34. The first-order valence-corrected chi connectivity index (χ1v) is 9.91. The zero-order chi connectivity index (χ0) is 23.0. The van der Waals surface area contributed by atoms with Crippen LogP contribution in [-0.2, 0) is 22.6 Å². The highest BCUT2D eigenvalue weighted by molar-refractivity contribution is 6.44. The number of aromatic nitrogens is 2. The average molecular weight is 444 g/mol. The van der Waals surface area contributed by atoms with E-state index in [1.807, 2.05) is 0 Å². The Kier molecular flexibility index (Phi) is 5.76. The minimum Gasteiger partial charge on any atom is -0.535 e. The van der Waals surface area contributed by atoms with Gasteiger partial charge < -0.3 is 39.8 Å². The predicted molar refractivity (Wildman–Crippen MR) is 108 cm³/mol. The van der Waals surface area contributed by atoms with Crippen molar-refractivity contribution in [1.82, 2.24) is 14.5 Å². The smallest absolute Gasteiger partial charge is 0.522 e. The number of carbonyl (C=O) groups excluding carboxylic acids is 1. The molecule has 1 fully saturated rings. The van der Waals surface area contributed by atoms with Crippen molar-refractivity contribution in [2.24, 2.45) is 5.73 Å². The van der Waals surface area contributed by atoms with Crippen molar-refractivity contribution in [3.8, 4) is 11.5 Å². The molecular weight excluding hydrogens is 423 g/mol. The standard InChI is InChI=1S/C19H21BN4O8/c21-16(12-7-23(9-22-12)8-14(25)26)18(27)24-5-11(6-24)31-13-2-1-10-3-4-20(30)32-17(10)15(13)19(28)29/h1-2,7,9,11,16,30H,3-6,8,21H2,(H,25,26)(H,28,29). The van der Waals surface area contributed by atoms with Crippen molar-refractivity contribution in [2.45, 2.75) is 31.4 Å². The van der Waals surface area contributed by atoms with E-state index in [0.29, 0.717) is 18.3 Å². The van der Waals surface area contributed by atoms with Crippen molar-refractivity contribution in [1.29, 1.82) is 0 Å². The molecule has 4 rings (SSSR count). The molecule has 32 heavy (non-hydrogen) atoms. The number of amides is 1. The van der Waals surface area contributed by atoms with E-state index in [4.69, 9.17) is 20.2 Å². The van der Waals surface area contributed by atoms with Crippen LogP contribution in [0.15, 0.2) is 24.7 Å². The van der Waals surface area contributed by atoms with Gasteiger partial charge in [-0.05, 0) is 24.4 Å². The molecule has 0 bridgehead atoms. The van der Waals surface area contributed by atoms with E-state index in [1.54, 1.807) is 12.1 Å². The van der Waals surface area contributed by atoms with Crippen LogP contribution in [0.25, 0.3) is 0 Å². The van der Waals surface area contributed by atoms with E-state index in [-0.39, 0.29) is 42.4 Å². The monoisotopic (exact) mass is 444 g/mol. The molecule has 2 aliphatic rings. The van der Waals surface area contributed by atoms with Crippen LogP contribution < -0.4 is 15.1 Å². The van der Waals surface area contributed by atoms with Crippen LogP contribution >= 0.6 is 0 Å². The van der Waals surface area contributed by atoms with E-state index >= 15 is 0 Å². The fourth-order valence-corrected chi connectivity index (χ4v) is 3.69. The molecule has 1 amide bonds. The van der Waals surface area contributed by atoms with Gasteiger partial charge in [0.2, 0.25) is 5.91 Å². The van der Waals surface area contributed by atoms with Crippen LogP contribution in [0.2, 0.25) is 6.32 Å². The third-order valence-electron chi connectivity index (χ3n) is 5.34. The number of hydrogen-bond donors (Lipinski definition) is 4. The molecular formula is C19H21BN4O8. The summed E-state index contributed by atoms with van der Waals surface area (Å²) in [5, 5.41) is 28.2. The molecule has 13 heteroatoms. The number of hydrogen-bond acceptors (Lipinski definition) is 8. The summed E-state index contributed by atoms with van der Waals surface area (Å²) in [4.78, 5) is 40.6. The normalized spacial score (nSPS) is 16.6. The van der Waals surface area contributed by atoms with Gasteiger partial charge in [-0.1, -0.05) is 6.07 Å². The molecule has 3 heterocycles. The molecule has 1 unspecified atom stereocenters. The fraction of sp³-hybridized carbons (Fsp3) is 0.368. The highest BCUT2D eigenvalue weighted by Gasteiger charge is 2.37. The molecule has 1 aromatic carbocycles. The number of imidazole rings is 1. The van der Waals surface area contributed by atoms with Crippen LogP contribution in [-0.4, -0.2) is 73.8 Å². The minimum atomic E-state index is -1.24. The molecule has 168 valence electrons. The van der Waals surface area contributed by atoms with Gasteiger partial charge in [-0.3, -0.25) is 9.59 Å². The topological polar surface area (TPSA) is 177 Å². The zero-order valence-electron chi connectivity index (χ0n) is 16.9. The molecule has 0 saturated carbocycles. The lowest BCUT2D eigenvalue weighted by atomic mass is 9.78. The molecule has 1 aromatic heterocycles. The number of carbonyl (C=O) groups is 3. The molecule has 0 radical (unpaired) electrons. The summed E-state index contributed by atoms with van der Waals surface area (Å²) >= 11 is 0. The van der Waals surface area contributed by atoms with Gasteiger partial charge in [0.1, 0.15) is 35.8 Å². The number of carboxylic acid groups (broad SMARTS) is 2. The number of aryl methyl sites for hydroxylation is 1. The quantitative estimate of drug-likeness (QED) is 0.402. The maximum absolute atomic E-state index is 12.6. The van der Waals surface area contributed by atoms with E-state index in [9.17, 15) is 24.5 Å². The highest BCUT2D eigenvalue weighted by atomic mass is 16.5. The predicted octanol–water partition coefficient (Wildman–Crippen LogP) is -0.629. The summed E-state index contributed by atoms with van der Waals surface area (Å²) in [7, 11) is -1.08. The van der Waals surface area contributed by atoms with E-state index in [2.05, 4.69) is 4.98 Å². The van der Waals surface area contributed by atoms with Crippen molar-refractivity contribution in [2.75, 3.05) is 13.1 Å². The number of nitrogens with two attached hydrogens (primary N) is 1. The van der Waals surface area contributed by atoms with Gasteiger partial charge in [-0.25, -0.2) is 9.78 Å². The molecule has 1 atom stereocenters. The Bertz CT molecular complexity index is 1070. The van der Waals surface area contributed by atoms with Crippen molar-refractivity contribution >= 4 is 25.0 Å². The number of ether oxygens (including phenoxy) is 1. The Labute approximate surface area is 182 Å². The summed E-state index contributed by atoms with van der Waals surface area (Å²) in [6.07, 6.45) is 3.12. The molecule has 0 spiro atoms. The SMILES string of the molecule is NC(C(=O)N1CC(Oc2ccc3c(c2C(=O)O)OB(O)CC3)C1)c1cn(CC(=O)O)cn1.